The van der Waals surface area contributed by atoms with Crippen molar-refractivity contribution in [2.75, 3.05) is 6.61 Å². The van der Waals surface area contributed by atoms with E-state index in [9.17, 15) is 34.8 Å². The van der Waals surface area contributed by atoms with E-state index >= 15 is 0 Å². The minimum Gasteiger partial charge on any atom is -0.472 e. The summed E-state index contributed by atoms with van der Waals surface area (Å²) in [6.07, 6.45) is -6.25. The number of furan rings is 1. The van der Waals surface area contributed by atoms with Crippen LogP contribution in [0.5, 0.6) is 0 Å². The van der Waals surface area contributed by atoms with E-state index in [1.807, 2.05) is 6.92 Å². The lowest BCUT2D eigenvalue weighted by Crippen LogP contribution is -2.65. The summed E-state index contributed by atoms with van der Waals surface area (Å²) in [6, 6.07) is 1.72. The molecule has 13 nitrogen and oxygen atoms in total. The molecule has 2 aliphatic carbocycles. The molecular weight excluding hydrogens is 544 g/mol. The third-order valence-electron chi connectivity index (χ3n) is 9.33. The van der Waals surface area contributed by atoms with Gasteiger partial charge in [-0.2, -0.15) is 0 Å². The van der Waals surface area contributed by atoms with Gasteiger partial charge in [0.05, 0.1) is 31.2 Å². The SMILES string of the molecule is CC(=O)O[C@H]1[C@@H]2[C@H](CC[C@H]3C(=O)O[C@H](c4ccoc4)C[C@]23C)[C@@H](O[C@H]2O[C@H](CO)[C@@H](O)[C@H](O)[C@H]2O)C[C@@H]1OC(C)=O. The lowest BCUT2D eigenvalue weighted by Gasteiger charge is -2.59. The van der Waals surface area contributed by atoms with Gasteiger partial charge in [-0.1, -0.05) is 6.92 Å². The fraction of sp³-hybridized carbons (Fsp3) is 0.750. The lowest BCUT2D eigenvalue weighted by atomic mass is 9.49. The number of hydrogen-bond donors (Lipinski definition) is 4. The van der Waals surface area contributed by atoms with Crippen LogP contribution in [0.1, 0.15) is 58.1 Å². The quantitative estimate of drug-likeness (QED) is 0.266. The highest BCUT2D eigenvalue weighted by molar-refractivity contribution is 5.75. The summed E-state index contributed by atoms with van der Waals surface area (Å²) < 4.78 is 34.4. The fourth-order valence-corrected chi connectivity index (χ4v) is 7.55. The van der Waals surface area contributed by atoms with Crippen LogP contribution in [-0.4, -0.2) is 94.0 Å². The summed E-state index contributed by atoms with van der Waals surface area (Å²) in [7, 11) is 0. The van der Waals surface area contributed by atoms with E-state index in [2.05, 4.69) is 0 Å². The predicted molar refractivity (Wildman–Crippen MR) is 134 cm³/mol. The Kier molecular flexibility index (Phi) is 8.48. The van der Waals surface area contributed by atoms with Crippen molar-refractivity contribution >= 4 is 17.9 Å². The number of aliphatic hydroxyl groups is 4. The van der Waals surface area contributed by atoms with Crippen LogP contribution in [-0.2, 0) is 38.1 Å². The summed E-state index contributed by atoms with van der Waals surface area (Å²) >= 11 is 0. The van der Waals surface area contributed by atoms with Crippen LogP contribution >= 0.6 is 0 Å². The van der Waals surface area contributed by atoms with Gasteiger partial charge in [-0.05, 0) is 36.7 Å². The second-order valence-corrected chi connectivity index (χ2v) is 11.8. The molecule has 0 unspecified atom stereocenters. The molecule has 1 aromatic heterocycles. The molecule has 4 fully saturated rings. The van der Waals surface area contributed by atoms with Crippen LogP contribution < -0.4 is 0 Å². The van der Waals surface area contributed by atoms with Crippen molar-refractivity contribution in [2.24, 2.45) is 23.2 Å². The highest BCUT2D eigenvalue weighted by Gasteiger charge is 2.64. The molecule has 2 saturated carbocycles. The van der Waals surface area contributed by atoms with Crippen LogP contribution in [0.2, 0.25) is 0 Å². The van der Waals surface area contributed by atoms with Crippen molar-refractivity contribution < 1.29 is 62.9 Å². The minimum atomic E-state index is -1.64. The van der Waals surface area contributed by atoms with Gasteiger partial charge in [-0.3, -0.25) is 14.4 Å². The molecular formula is C28H38O13. The third kappa shape index (κ3) is 5.51. The van der Waals surface area contributed by atoms with Crippen LogP contribution in [0.15, 0.2) is 23.0 Å². The van der Waals surface area contributed by atoms with Gasteiger partial charge in [-0.15, -0.1) is 0 Å². The zero-order valence-corrected chi connectivity index (χ0v) is 23.2. The first kappa shape index (κ1) is 29.9. The van der Waals surface area contributed by atoms with Crippen molar-refractivity contribution in [2.45, 2.75) is 102 Å². The van der Waals surface area contributed by atoms with Crippen LogP contribution in [0.3, 0.4) is 0 Å². The van der Waals surface area contributed by atoms with Crippen molar-refractivity contribution in [1.82, 2.24) is 0 Å². The Balaban J connectivity index is 1.52. The third-order valence-corrected chi connectivity index (χ3v) is 9.33. The molecule has 4 N–H and O–H groups in total. The molecule has 2 saturated heterocycles. The molecule has 4 aliphatic rings. The van der Waals surface area contributed by atoms with E-state index in [-0.39, 0.29) is 18.3 Å². The fourth-order valence-electron chi connectivity index (χ4n) is 7.55. The summed E-state index contributed by atoms with van der Waals surface area (Å²) in [5, 5.41) is 40.9. The largest absolute Gasteiger partial charge is 0.472 e. The predicted octanol–water partition coefficient (Wildman–Crippen LogP) is 0.369. The first-order valence-electron chi connectivity index (χ1n) is 14.0. The Morgan fingerprint density at radius 3 is 2.41 bits per heavy atom. The van der Waals surface area contributed by atoms with Crippen LogP contribution in [0, 0.1) is 23.2 Å². The monoisotopic (exact) mass is 582 g/mol. The molecule has 1 aromatic rings. The van der Waals surface area contributed by atoms with Crippen molar-refractivity contribution in [3.05, 3.63) is 24.2 Å². The maximum absolute atomic E-state index is 13.4. The highest BCUT2D eigenvalue weighted by Crippen LogP contribution is 2.61. The highest BCUT2D eigenvalue weighted by atomic mass is 16.7. The first-order valence-corrected chi connectivity index (χ1v) is 14.0. The number of rotatable bonds is 6. The number of ether oxygens (including phenoxy) is 5. The van der Waals surface area contributed by atoms with Crippen LogP contribution in [0.4, 0.5) is 0 Å². The van der Waals surface area contributed by atoms with Gasteiger partial charge in [0.1, 0.15) is 42.7 Å². The first-order chi connectivity index (χ1) is 19.4. The van der Waals surface area contributed by atoms with Gasteiger partial charge in [0.2, 0.25) is 0 Å². The molecule has 0 radical (unpaired) electrons. The topological polar surface area (TPSA) is 191 Å². The summed E-state index contributed by atoms with van der Waals surface area (Å²) in [5.74, 6) is -2.99. The molecule has 3 heterocycles. The smallest absolute Gasteiger partial charge is 0.310 e. The average molecular weight is 583 g/mol. The molecule has 0 aromatic carbocycles. The standard InChI is InChI=1S/C28H38O13/c1-12(30)37-18-8-17(40-27-24(34)23(33)22(32)20(10-29)41-27)15-4-5-16-26(35)39-19(14-6-7-36-11-14)9-28(16,3)21(15)25(18)38-13(2)31/h6-7,11,15-25,27,29,32-34H,4-5,8-10H2,1-3H3/t15-,16+,17+,18+,19+,20-,21+,22-,23+,24-,25-,27+,28+/m1/s1. The van der Waals surface area contributed by atoms with E-state index in [0.717, 1.165) is 0 Å². The lowest BCUT2D eigenvalue weighted by molar-refractivity contribution is -0.328. The number of carbonyl (C=O) groups excluding carboxylic acids is 3. The van der Waals surface area contributed by atoms with E-state index in [4.69, 9.17) is 28.1 Å². The minimum absolute atomic E-state index is 0.0735. The normalized spacial score (nSPS) is 44.2. The number of cyclic esters (lactones) is 1. The zero-order valence-electron chi connectivity index (χ0n) is 23.2. The van der Waals surface area contributed by atoms with Crippen molar-refractivity contribution in [1.29, 1.82) is 0 Å². The Bertz CT molecular complexity index is 1100. The number of fused-ring (bicyclic) bond motifs is 3. The molecule has 13 heteroatoms. The molecule has 5 rings (SSSR count). The molecule has 13 atom stereocenters. The van der Waals surface area contributed by atoms with Gasteiger partial charge in [0.25, 0.3) is 0 Å². The Morgan fingerprint density at radius 1 is 1.05 bits per heavy atom. The Labute approximate surface area is 236 Å². The van der Waals surface area contributed by atoms with E-state index in [1.165, 1.54) is 26.4 Å². The van der Waals surface area contributed by atoms with Gasteiger partial charge in [0.15, 0.2) is 6.29 Å². The Hall–Kier alpha value is -2.55. The van der Waals surface area contributed by atoms with E-state index < -0.39 is 90.9 Å². The molecule has 2 aliphatic heterocycles. The average Bonchev–Trinajstić information content (AvgIpc) is 3.45. The summed E-state index contributed by atoms with van der Waals surface area (Å²) in [6.45, 7) is 3.83. The van der Waals surface area contributed by atoms with Gasteiger partial charge in [0, 0.05) is 31.7 Å². The van der Waals surface area contributed by atoms with Crippen molar-refractivity contribution in [3.63, 3.8) is 0 Å². The molecule has 0 amide bonds. The van der Waals surface area contributed by atoms with Crippen LogP contribution in [0.25, 0.3) is 0 Å². The number of aliphatic hydroxyl groups excluding tert-OH is 4. The van der Waals surface area contributed by atoms with Gasteiger partial charge < -0.3 is 48.5 Å². The maximum Gasteiger partial charge on any atom is 0.310 e. The van der Waals surface area contributed by atoms with Crippen molar-refractivity contribution in [3.8, 4) is 0 Å². The maximum atomic E-state index is 13.4. The number of hydrogen-bond acceptors (Lipinski definition) is 13. The zero-order chi connectivity index (χ0) is 29.6. The van der Waals surface area contributed by atoms with E-state index in [0.29, 0.717) is 24.8 Å². The summed E-state index contributed by atoms with van der Waals surface area (Å²) in [5.41, 5.74) is -0.110. The molecule has 41 heavy (non-hydrogen) atoms. The van der Waals surface area contributed by atoms with Gasteiger partial charge >= 0.3 is 17.9 Å². The molecule has 228 valence electrons. The second-order valence-electron chi connectivity index (χ2n) is 11.8. The Morgan fingerprint density at radius 2 is 1.78 bits per heavy atom. The number of esters is 3. The number of carbonyl (C=O) groups is 3. The summed E-state index contributed by atoms with van der Waals surface area (Å²) in [4.78, 5) is 37.9. The molecule has 0 spiro atoms. The van der Waals surface area contributed by atoms with Gasteiger partial charge in [-0.25, -0.2) is 0 Å². The molecule has 0 bridgehead atoms. The second kappa shape index (κ2) is 11.6. The van der Waals surface area contributed by atoms with E-state index in [1.54, 1.807) is 6.07 Å².